The van der Waals surface area contributed by atoms with E-state index in [4.69, 9.17) is 5.11 Å². The maximum absolute atomic E-state index is 11.0. The van der Waals surface area contributed by atoms with Crippen molar-refractivity contribution in [3.8, 4) is 0 Å². The Kier molecular flexibility index (Phi) is 3.02. The maximum Gasteiger partial charge on any atom is 0.326 e. The molecular weight excluding hydrogens is 260 g/mol. The molecule has 1 aromatic rings. The van der Waals surface area contributed by atoms with Gasteiger partial charge in [-0.3, -0.25) is 15.1 Å². The fourth-order valence-electron chi connectivity index (χ4n) is 1.33. The number of nitrogens with zero attached hydrogens (tertiary/aromatic N) is 1. The molecule has 1 heterocycles. The predicted molar refractivity (Wildman–Crippen MR) is 58.5 cm³/mol. The van der Waals surface area contributed by atoms with E-state index in [0.717, 1.165) is 17.3 Å². The van der Waals surface area contributed by atoms with Crippen molar-refractivity contribution in [2.75, 3.05) is 0 Å². The molecule has 1 aliphatic carbocycles. The molecule has 0 saturated heterocycles. The summed E-state index contributed by atoms with van der Waals surface area (Å²) < 4.78 is 0.849. The van der Waals surface area contributed by atoms with Crippen molar-refractivity contribution in [3.63, 3.8) is 0 Å². The highest BCUT2D eigenvalue weighted by molar-refractivity contribution is 9.10. The summed E-state index contributed by atoms with van der Waals surface area (Å²) in [4.78, 5) is 15.1. The van der Waals surface area contributed by atoms with Gasteiger partial charge in [0.2, 0.25) is 0 Å². The lowest BCUT2D eigenvalue weighted by molar-refractivity contribution is -0.139. The number of hydrogen-bond donors (Lipinski definition) is 2. The molecule has 1 fully saturated rings. The molecule has 1 atom stereocenters. The summed E-state index contributed by atoms with van der Waals surface area (Å²) in [5, 5.41) is 12.1. The van der Waals surface area contributed by atoms with Gasteiger partial charge in [0.15, 0.2) is 0 Å². The van der Waals surface area contributed by atoms with Crippen LogP contribution >= 0.6 is 15.9 Å². The number of pyridine rings is 1. The smallest absolute Gasteiger partial charge is 0.326 e. The third-order valence-electron chi connectivity index (χ3n) is 2.27. The average molecular weight is 271 g/mol. The van der Waals surface area contributed by atoms with Crippen LogP contribution in [0.5, 0.6) is 0 Å². The van der Waals surface area contributed by atoms with Crippen LogP contribution in [0.15, 0.2) is 22.8 Å². The SMILES string of the molecule is O=C(O)C(NC1CC1)c1ccc(Br)cn1. The molecule has 2 N–H and O–H groups in total. The van der Waals surface area contributed by atoms with Gasteiger partial charge < -0.3 is 5.11 Å². The van der Waals surface area contributed by atoms with Crippen molar-refractivity contribution in [1.29, 1.82) is 0 Å². The van der Waals surface area contributed by atoms with Gasteiger partial charge in [-0.1, -0.05) is 0 Å². The van der Waals surface area contributed by atoms with Gasteiger partial charge in [-0.05, 0) is 40.9 Å². The van der Waals surface area contributed by atoms with Gasteiger partial charge >= 0.3 is 5.97 Å². The second-order valence-electron chi connectivity index (χ2n) is 3.61. The van der Waals surface area contributed by atoms with E-state index < -0.39 is 12.0 Å². The van der Waals surface area contributed by atoms with Crippen molar-refractivity contribution in [3.05, 3.63) is 28.5 Å². The normalized spacial score (nSPS) is 17.4. The molecule has 1 aliphatic rings. The number of carboxylic acids is 1. The van der Waals surface area contributed by atoms with Gasteiger partial charge in [-0.15, -0.1) is 0 Å². The molecule has 0 radical (unpaired) electrons. The minimum atomic E-state index is -0.878. The number of aromatic nitrogens is 1. The highest BCUT2D eigenvalue weighted by atomic mass is 79.9. The molecule has 0 bridgehead atoms. The van der Waals surface area contributed by atoms with E-state index >= 15 is 0 Å². The lowest BCUT2D eigenvalue weighted by atomic mass is 10.2. The number of carbonyl (C=O) groups is 1. The molecule has 15 heavy (non-hydrogen) atoms. The summed E-state index contributed by atoms with van der Waals surface area (Å²) in [6, 6.07) is 3.17. The van der Waals surface area contributed by atoms with Gasteiger partial charge in [-0.25, -0.2) is 0 Å². The third kappa shape index (κ3) is 2.76. The summed E-state index contributed by atoms with van der Waals surface area (Å²) in [6.45, 7) is 0. The van der Waals surface area contributed by atoms with E-state index in [-0.39, 0.29) is 0 Å². The molecule has 1 aromatic heterocycles. The topological polar surface area (TPSA) is 62.2 Å². The molecule has 4 nitrogen and oxygen atoms in total. The van der Waals surface area contributed by atoms with Crippen molar-refractivity contribution in [2.24, 2.45) is 0 Å². The van der Waals surface area contributed by atoms with Crippen LogP contribution < -0.4 is 5.32 Å². The van der Waals surface area contributed by atoms with E-state index in [1.807, 2.05) is 0 Å². The van der Waals surface area contributed by atoms with Crippen LogP contribution in [0.1, 0.15) is 24.6 Å². The standard InChI is InChI=1S/C10H11BrN2O2/c11-6-1-4-8(12-5-6)9(10(14)15)13-7-2-3-7/h1,4-5,7,9,13H,2-3H2,(H,14,15). The Labute approximate surface area is 95.8 Å². The molecule has 80 valence electrons. The fraction of sp³-hybridized carbons (Fsp3) is 0.400. The molecule has 0 aromatic carbocycles. The Balaban J connectivity index is 2.15. The summed E-state index contributed by atoms with van der Waals surface area (Å²) >= 11 is 3.26. The number of nitrogens with one attached hydrogen (secondary N) is 1. The summed E-state index contributed by atoms with van der Waals surface area (Å²) in [5.74, 6) is -0.878. The van der Waals surface area contributed by atoms with Crippen molar-refractivity contribution in [2.45, 2.75) is 24.9 Å². The Bertz CT molecular complexity index is 362. The van der Waals surface area contributed by atoms with Crippen LogP contribution in [0, 0.1) is 0 Å². The molecule has 0 spiro atoms. The van der Waals surface area contributed by atoms with E-state index in [1.165, 1.54) is 0 Å². The number of aliphatic carboxylic acids is 1. The summed E-state index contributed by atoms with van der Waals surface area (Å²) in [7, 11) is 0. The zero-order valence-electron chi connectivity index (χ0n) is 7.98. The highest BCUT2D eigenvalue weighted by Crippen LogP contribution is 2.24. The second-order valence-corrected chi connectivity index (χ2v) is 4.53. The van der Waals surface area contributed by atoms with Crippen LogP contribution in [0.25, 0.3) is 0 Å². The second kappa shape index (κ2) is 4.28. The van der Waals surface area contributed by atoms with Gasteiger partial charge in [0, 0.05) is 16.7 Å². The number of carboxylic acid groups (broad SMARTS) is 1. The minimum Gasteiger partial charge on any atom is -0.480 e. The summed E-state index contributed by atoms with van der Waals surface area (Å²) in [6.07, 6.45) is 3.72. The first-order valence-electron chi connectivity index (χ1n) is 4.77. The monoisotopic (exact) mass is 270 g/mol. The first-order chi connectivity index (χ1) is 7.16. The highest BCUT2D eigenvalue weighted by Gasteiger charge is 2.29. The van der Waals surface area contributed by atoms with Gasteiger partial charge in [-0.2, -0.15) is 0 Å². The van der Waals surface area contributed by atoms with Crippen LogP contribution in [0.3, 0.4) is 0 Å². The number of hydrogen-bond acceptors (Lipinski definition) is 3. The largest absolute Gasteiger partial charge is 0.480 e. The zero-order chi connectivity index (χ0) is 10.8. The number of rotatable bonds is 4. The molecular formula is C10H11BrN2O2. The van der Waals surface area contributed by atoms with Crippen LogP contribution in [0.2, 0.25) is 0 Å². The van der Waals surface area contributed by atoms with Crippen LogP contribution in [-0.2, 0) is 4.79 Å². The summed E-state index contributed by atoms with van der Waals surface area (Å²) in [5.41, 5.74) is 0.553. The van der Waals surface area contributed by atoms with E-state index in [0.29, 0.717) is 11.7 Å². The third-order valence-corrected chi connectivity index (χ3v) is 2.74. The number of halogens is 1. The molecule has 2 rings (SSSR count). The Morgan fingerprint density at radius 1 is 1.60 bits per heavy atom. The van der Waals surface area contributed by atoms with E-state index in [2.05, 4.69) is 26.2 Å². The van der Waals surface area contributed by atoms with Crippen molar-refractivity contribution in [1.82, 2.24) is 10.3 Å². The average Bonchev–Trinajstić information content (AvgIpc) is 2.99. The first kappa shape index (κ1) is 10.6. The Morgan fingerprint density at radius 2 is 2.33 bits per heavy atom. The van der Waals surface area contributed by atoms with Gasteiger partial charge in [0.05, 0.1) is 5.69 Å². The van der Waals surface area contributed by atoms with Crippen molar-refractivity contribution >= 4 is 21.9 Å². The molecule has 0 amide bonds. The van der Waals surface area contributed by atoms with E-state index in [1.54, 1.807) is 18.3 Å². The maximum atomic E-state index is 11.0. The zero-order valence-corrected chi connectivity index (χ0v) is 9.57. The lowest BCUT2D eigenvalue weighted by Crippen LogP contribution is -2.30. The van der Waals surface area contributed by atoms with Crippen LogP contribution in [0.4, 0.5) is 0 Å². The predicted octanol–water partition coefficient (Wildman–Crippen LogP) is 1.72. The fourth-order valence-corrected chi connectivity index (χ4v) is 1.56. The molecule has 0 aliphatic heterocycles. The lowest BCUT2D eigenvalue weighted by Gasteiger charge is -2.12. The van der Waals surface area contributed by atoms with Gasteiger partial charge in [0.25, 0.3) is 0 Å². The van der Waals surface area contributed by atoms with Crippen LogP contribution in [-0.4, -0.2) is 22.1 Å². The minimum absolute atomic E-state index is 0.344. The van der Waals surface area contributed by atoms with Gasteiger partial charge in [0.1, 0.15) is 6.04 Å². The Morgan fingerprint density at radius 3 is 2.80 bits per heavy atom. The molecule has 1 unspecified atom stereocenters. The quantitative estimate of drug-likeness (QED) is 0.875. The molecule has 1 saturated carbocycles. The van der Waals surface area contributed by atoms with Crippen molar-refractivity contribution < 1.29 is 9.90 Å². The van der Waals surface area contributed by atoms with E-state index in [9.17, 15) is 4.79 Å². The first-order valence-corrected chi connectivity index (χ1v) is 5.56. The molecule has 5 heteroatoms. The Hall–Kier alpha value is -0.940.